The average molecular weight is 560 g/mol. The zero-order valence-corrected chi connectivity index (χ0v) is 22.3. The Hall–Kier alpha value is -3.25. The molecule has 1 amide bonds. The van der Waals surface area contributed by atoms with Crippen LogP contribution in [0.2, 0.25) is 0 Å². The Morgan fingerprint density at radius 2 is 2.10 bits per heavy atom. The van der Waals surface area contributed by atoms with Gasteiger partial charge in [0.25, 0.3) is 5.92 Å². The number of thiazole rings is 1. The van der Waals surface area contributed by atoms with Crippen molar-refractivity contribution < 1.29 is 27.5 Å². The first-order valence-corrected chi connectivity index (χ1v) is 13.9. The molecule has 1 aliphatic carbocycles. The lowest BCUT2D eigenvalue weighted by Gasteiger charge is -2.31. The standard InChI is InChI=1S/C27H28F3N5O3S/c1-3-38-26(37)20-18(11-34-13-27(29,30)21-19(34)12-35(25(21)36)15-7-8-15)32-23(24-31-9-10-39-24)33-22(20)16-5-4-6-17(28)14(16)2/h4-6,9-10,15,19,21-22H,3,7-8,11-13H2,1-2H3,(H,32,33)/t19-,21-,22-/m0/s1. The topological polar surface area (TPSA) is 87.1 Å². The Morgan fingerprint density at radius 3 is 2.79 bits per heavy atom. The summed E-state index contributed by atoms with van der Waals surface area (Å²) in [7, 11) is 0. The van der Waals surface area contributed by atoms with E-state index < -0.39 is 48.2 Å². The summed E-state index contributed by atoms with van der Waals surface area (Å²) in [5, 5.41) is 5.48. The molecule has 0 unspecified atom stereocenters. The molecule has 0 radical (unpaired) electrons. The Balaban J connectivity index is 1.43. The Morgan fingerprint density at radius 1 is 1.31 bits per heavy atom. The number of carbonyl (C=O) groups is 2. The molecule has 1 N–H and O–H groups in total. The first-order chi connectivity index (χ1) is 18.7. The SMILES string of the molecule is CCOC(=O)C1=C(CN2CC(F)(F)[C@@H]3C(=O)N(C4CC4)C[C@@H]32)NC(c2nccs2)=N[C@H]1c1cccc(F)c1C. The molecule has 3 aliphatic heterocycles. The number of nitrogens with one attached hydrogen (secondary N) is 1. The van der Waals surface area contributed by atoms with Crippen molar-refractivity contribution in [3.05, 3.63) is 63.0 Å². The van der Waals surface area contributed by atoms with E-state index in [1.807, 2.05) is 0 Å². The van der Waals surface area contributed by atoms with Gasteiger partial charge in [-0.15, -0.1) is 11.3 Å². The number of nitrogens with zero attached hydrogens (tertiary/aromatic N) is 4. The van der Waals surface area contributed by atoms with Gasteiger partial charge in [-0.05, 0) is 43.9 Å². The van der Waals surface area contributed by atoms with Crippen molar-refractivity contribution in [1.29, 1.82) is 0 Å². The van der Waals surface area contributed by atoms with Crippen molar-refractivity contribution in [2.45, 2.75) is 50.7 Å². The van der Waals surface area contributed by atoms with Crippen LogP contribution in [0, 0.1) is 18.7 Å². The number of likely N-dealkylation sites (tertiary alicyclic amines) is 2. The van der Waals surface area contributed by atoms with Crippen LogP contribution in [-0.4, -0.2) is 76.7 Å². The Labute approximate surface area is 227 Å². The second-order valence-corrected chi connectivity index (χ2v) is 11.2. The molecule has 6 rings (SSSR count). The highest BCUT2D eigenvalue weighted by Crippen LogP contribution is 2.46. The number of rotatable bonds is 7. The van der Waals surface area contributed by atoms with Crippen LogP contribution < -0.4 is 5.32 Å². The molecule has 39 heavy (non-hydrogen) atoms. The molecule has 1 aromatic heterocycles. The number of halogens is 3. The predicted molar refractivity (Wildman–Crippen MR) is 138 cm³/mol. The number of hydrogen-bond acceptors (Lipinski definition) is 8. The molecular weight excluding hydrogens is 531 g/mol. The third kappa shape index (κ3) is 4.53. The summed E-state index contributed by atoms with van der Waals surface area (Å²) >= 11 is 1.32. The highest BCUT2D eigenvalue weighted by atomic mass is 32.1. The minimum atomic E-state index is -3.20. The van der Waals surface area contributed by atoms with E-state index in [0.29, 0.717) is 27.7 Å². The van der Waals surface area contributed by atoms with Crippen molar-refractivity contribution in [3.63, 3.8) is 0 Å². The van der Waals surface area contributed by atoms with Gasteiger partial charge in [0.1, 0.15) is 17.8 Å². The maximum Gasteiger partial charge on any atom is 0.338 e. The predicted octanol–water partition coefficient (Wildman–Crippen LogP) is 3.44. The van der Waals surface area contributed by atoms with E-state index in [2.05, 4.69) is 10.3 Å². The second kappa shape index (κ2) is 9.74. The van der Waals surface area contributed by atoms with Gasteiger partial charge < -0.3 is 15.0 Å². The Kier molecular flexibility index (Phi) is 6.49. The fourth-order valence-electron chi connectivity index (χ4n) is 5.87. The molecule has 0 bridgehead atoms. The van der Waals surface area contributed by atoms with E-state index in [-0.39, 0.29) is 31.3 Å². The molecule has 4 aliphatic rings. The van der Waals surface area contributed by atoms with Crippen molar-refractivity contribution in [2.24, 2.45) is 10.9 Å². The summed E-state index contributed by atoms with van der Waals surface area (Å²) in [5.74, 6) is -5.87. The minimum Gasteiger partial charge on any atom is -0.463 e. The molecule has 1 saturated carbocycles. The van der Waals surface area contributed by atoms with Crippen molar-refractivity contribution in [2.75, 3.05) is 26.2 Å². The quantitative estimate of drug-likeness (QED) is 0.524. The lowest BCUT2D eigenvalue weighted by molar-refractivity contribution is -0.140. The summed E-state index contributed by atoms with van der Waals surface area (Å²) in [6.07, 6.45) is 3.27. The van der Waals surface area contributed by atoms with Crippen molar-refractivity contribution in [3.8, 4) is 0 Å². The van der Waals surface area contributed by atoms with Crippen LogP contribution in [0.4, 0.5) is 13.2 Å². The largest absolute Gasteiger partial charge is 0.463 e. The molecule has 2 saturated heterocycles. The molecular formula is C27H28F3N5O3S. The second-order valence-electron chi connectivity index (χ2n) is 10.3. The minimum absolute atomic E-state index is 0.0341. The van der Waals surface area contributed by atoms with E-state index in [1.54, 1.807) is 47.4 Å². The molecule has 3 atom stereocenters. The molecule has 206 valence electrons. The summed E-state index contributed by atoms with van der Waals surface area (Å²) in [6.45, 7) is 2.92. The van der Waals surface area contributed by atoms with Crippen LogP contribution in [0.15, 0.2) is 46.0 Å². The van der Waals surface area contributed by atoms with Crippen LogP contribution in [-0.2, 0) is 14.3 Å². The molecule has 3 fully saturated rings. The molecule has 12 heteroatoms. The van der Waals surface area contributed by atoms with E-state index in [9.17, 15) is 14.0 Å². The summed E-state index contributed by atoms with van der Waals surface area (Å²) < 4.78 is 50.5. The number of alkyl halides is 2. The normalized spacial score (nSPS) is 26.5. The number of fused-ring (bicyclic) bond motifs is 1. The highest BCUT2D eigenvalue weighted by molar-refractivity contribution is 7.11. The maximum atomic E-state index is 15.2. The van der Waals surface area contributed by atoms with Crippen LogP contribution in [0.25, 0.3) is 0 Å². The molecule has 4 heterocycles. The molecule has 2 aromatic rings. The van der Waals surface area contributed by atoms with Crippen LogP contribution in [0.5, 0.6) is 0 Å². The molecule has 0 spiro atoms. The van der Waals surface area contributed by atoms with Gasteiger partial charge in [-0.3, -0.25) is 14.7 Å². The third-order valence-electron chi connectivity index (χ3n) is 7.86. The van der Waals surface area contributed by atoms with Gasteiger partial charge in [-0.2, -0.15) is 0 Å². The van der Waals surface area contributed by atoms with E-state index in [1.165, 1.54) is 17.4 Å². The van der Waals surface area contributed by atoms with Gasteiger partial charge in [0.15, 0.2) is 10.8 Å². The fraction of sp³-hybridized carbons (Fsp3) is 0.481. The number of aromatic nitrogens is 1. The number of amides is 1. The van der Waals surface area contributed by atoms with Crippen LogP contribution >= 0.6 is 11.3 Å². The smallest absolute Gasteiger partial charge is 0.338 e. The third-order valence-corrected chi connectivity index (χ3v) is 8.64. The number of benzene rings is 1. The van der Waals surface area contributed by atoms with Crippen LogP contribution in [0.1, 0.15) is 41.9 Å². The molecule has 1 aromatic carbocycles. The number of aliphatic imine (C=N–C) groups is 1. The van der Waals surface area contributed by atoms with E-state index in [4.69, 9.17) is 9.73 Å². The van der Waals surface area contributed by atoms with Crippen LogP contribution in [0.3, 0.4) is 0 Å². The zero-order chi connectivity index (χ0) is 27.5. The van der Waals surface area contributed by atoms with Crippen molar-refractivity contribution in [1.82, 2.24) is 20.1 Å². The van der Waals surface area contributed by atoms with Gasteiger partial charge in [0.05, 0.1) is 18.7 Å². The van der Waals surface area contributed by atoms with Crippen molar-refractivity contribution >= 4 is 29.0 Å². The number of ether oxygens (including phenoxy) is 1. The lowest BCUT2D eigenvalue weighted by atomic mass is 9.92. The number of carbonyl (C=O) groups excluding carboxylic acids is 2. The maximum absolute atomic E-state index is 15.2. The van der Waals surface area contributed by atoms with Gasteiger partial charge in [0.2, 0.25) is 5.91 Å². The first kappa shape index (κ1) is 26.0. The highest BCUT2D eigenvalue weighted by Gasteiger charge is 2.64. The number of amidine groups is 1. The lowest BCUT2D eigenvalue weighted by Crippen LogP contribution is -2.43. The monoisotopic (exact) mass is 559 g/mol. The molecule has 8 nitrogen and oxygen atoms in total. The average Bonchev–Trinajstić information content (AvgIpc) is 3.34. The number of hydrogen-bond donors (Lipinski definition) is 1. The summed E-state index contributed by atoms with van der Waals surface area (Å²) in [6, 6.07) is 2.96. The van der Waals surface area contributed by atoms with E-state index in [0.717, 1.165) is 12.8 Å². The number of esters is 1. The first-order valence-electron chi connectivity index (χ1n) is 13.0. The van der Waals surface area contributed by atoms with Gasteiger partial charge in [-0.25, -0.2) is 22.9 Å². The Bertz CT molecular complexity index is 1370. The summed E-state index contributed by atoms with van der Waals surface area (Å²) in [4.78, 5) is 38.6. The fourth-order valence-corrected chi connectivity index (χ4v) is 6.46. The van der Waals surface area contributed by atoms with E-state index >= 15 is 8.78 Å². The van der Waals surface area contributed by atoms with Gasteiger partial charge >= 0.3 is 5.97 Å². The summed E-state index contributed by atoms with van der Waals surface area (Å²) in [5.41, 5.74) is 1.24. The zero-order valence-electron chi connectivity index (χ0n) is 21.5. The van der Waals surface area contributed by atoms with Gasteiger partial charge in [-0.1, -0.05) is 12.1 Å². The van der Waals surface area contributed by atoms with Gasteiger partial charge in [0, 0.05) is 42.4 Å².